The number of hydrogen-bond acceptors (Lipinski definition) is 2. The van der Waals surface area contributed by atoms with Crippen LogP contribution in [0.5, 0.6) is 0 Å². The number of hydrogen-bond donors (Lipinski definition) is 0. The van der Waals surface area contributed by atoms with Gasteiger partial charge in [-0.15, -0.1) is 0 Å². The Morgan fingerprint density at radius 2 is 1.44 bits per heavy atom. The Bertz CT molecular complexity index is 1620. The Labute approximate surface area is 365 Å². The first-order valence-electron chi connectivity index (χ1n) is 26.7. The highest BCUT2D eigenvalue weighted by Crippen LogP contribution is 2.78. The molecule has 0 spiro atoms. The summed E-state index contributed by atoms with van der Waals surface area (Å²) in [7, 11) is 0. The molecule has 9 rings (SSSR count). The van der Waals surface area contributed by atoms with Gasteiger partial charge in [0, 0.05) is 6.42 Å². The summed E-state index contributed by atoms with van der Waals surface area (Å²) in [5, 5.41) is 0. The van der Waals surface area contributed by atoms with Crippen molar-refractivity contribution in [2.75, 3.05) is 0 Å². The highest BCUT2D eigenvalue weighted by atomic mass is 16.5. The van der Waals surface area contributed by atoms with Crippen LogP contribution in [0.2, 0.25) is 0 Å². The molecule has 0 aromatic heterocycles. The summed E-state index contributed by atoms with van der Waals surface area (Å²) >= 11 is 0. The minimum atomic E-state index is -0.264. The summed E-state index contributed by atoms with van der Waals surface area (Å²) in [6, 6.07) is 0. The van der Waals surface area contributed by atoms with Crippen molar-refractivity contribution < 1.29 is 9.53 Å². The first kappa shape index (κ1) is 43.5. The molecule has 0 aliphatic heterocycles. The molecule has 0 N–H and O–H groups in total. The normalized spacial score (nSPS) is 52.3. The van der Waals surface area contributed by atoms with Gasteiger partial charge in [0.2, 0.25) is 0 Å². The molecule has 5 unspecified atom stereocenters. The Kier molecular flexibility index (Phi) is 11.0. The number of carbonyl (C=O) groups is 1. The van der Waals surface area contributed by atoms with Crippen LogP contribution < -0.4 is 0 Å². The summed E-state index contributed by atoms with van der Waals surface area (Å²) in [6.45, 7) is 31.3. The van der Waals surface area contributed by atoms with Crippen molar-refractivity contribution in [2.45, 2.75) is 230 Å². The summed E-state index contributed by atoms with van der Waals surface area (Å²) in [5.41, 5.74) is 3.84. The fourth-order valence-corrected chi connectivity index (χ4v) is 20.4. The molecule has 9 aliphatic rings. The van der Waals surface area contributed by atoms with Gasteiger partial charge in [0.15, 0.2) is 0 Å². The highest BCUT2D eigenvalue weighted by Gasteiger charge is 2.72. The average molecular weight is 811 g/mol. The topological polar surface area (TPSA) is 26.3 Å². The van der Waals surface area contributed by atoms with Gasteiger partial charge in [-0.05, 0) is 219 Å². The van der Waals surface area contributed by atoms with Crippen LogP contribution in [0, 0.1) is 109 Å². The smallest absolute Gasteiger partial charge is 0.312 e. The van der Waals surface area contributed by atoms with Gasteiger partial charge in [0.1, 0.15) is 6.10 Å². The molecule has 17 atom stereocenters. The van der Waals surface area contributed by atoms with Gasteiger partial charge in [-0.25, -0.2) is 0 Å². The van der Waals surface area contributed by atoms with Crippen molar-refractivity contribution in [3.63, 3.8) is 0 Å². The van der Waals surface area contributed by atoms with E-state index in [1.54, 1.807) is 5.57 Å². The van der Waals surface area contributed by atoms with Crippen LogP contribution in [-0.4, -0.2) is 12.1 Å². The van der Waals surface area contributed by atoms with E-state index in [4.69, 9.17) is 4.74 Å². The quantitative estimate of drug-likeness (QED) is 0.139. The minimum absolute atomic E-state index is 0.0795. The second-order valence-electron chi connectivity index (χ2n) is 27.1. The lowest BCUT2D eigenvalue weighted by Gasteiger charge is -2.73. The number of unbranched alkanes of at least 4 members (excludes halogenated alkanes) is 1. The maximum atomic E-state index is 15.3. The van der Waals surface area contributed by atoms with Crippen LogP contribution in [0.15, 0.2) is 11.6 Å². The molecule has 2 heteroatoms. The van der Waals surface area contributed by atoms with Crippen LogP contribution in [0.4, 0.5) is 0 Å². The average Bonchev–Trinajstić information content (AvgIpc) is 3.74. The standard InChI is InChI=1S/C57H94O2/c1-36(2)15-13-14-16-39-18-20-44-43-19-17-40-35-41(24-29-53(40,9)45(43)26-30-52(39,44)8)59-50(58)57-32-25-42(37(3)4)49(57)46-21-22-48-54(10)28-23-38(5)51(6,7)47(54)27-31-56(48,12)55(46,11)33-34-57/h17,36-39,41-49H,13-16,18-35H2,1-12H3/t38?,39-,41+,42?,43-,44-,45-,46+,47?,48+,49?,52?,53-,54-,55+,56+,57-/m0/s1. The van der Waals surface area contributed by atoms with Crippen molar-refractivity contribution in [1.82, 2.24) is 0 Å². The van der Waals surface area contributed by atoms with E-state index in [-0.39, 0.29) is 17.5 Å². The fraction of sp³-hybridized carbons (Fsp3) is 0.947. The molecule has 2 nitrogen and oxygen atoms in total. The summed E-state index contributed by atoms with van der Waals surface area (Å²) < 4.78 is 7.04. The van der Waals surface area contributed by atoms with Crippen molar-refractivity contribution in [3.8, 4) is 0 Å². The van der Waals surface area contributed by atoms with E-state index in [0.29, 0.717) is 56.2 Å². The lowest BCUT2D eigenvalue weighted by Crippen LogP contribution is -2.66. The second-order valence-corrected chi connectivity index (χ2v) is 27.1. The van der Waals surface area contributed by atoms with Crippen LogP contribution in [0.3, 0.4) is 0 Å². The molecule has 0 saturated heterocycles. The molecule has 8 fully saturated rings. The van der Waals surface area contributed by atoms with Crippen LogP contribution >= 0.6 is 0 Å². The molecule has 0 aromatic rings. The summed E-state index contributed by atoms with van der Waals surface area (Å²) in [5.74, 6) is 9.55. The maximum absolute atomic E-state index is 15.3. The Hall–Kier alpha value is -0.790. The molecule has 59 heavy (non-hydrogen) atoms. The minimum Gasteiger partial charge on any atom is -0.462 e. The Morgan fingerprint density at radius 3 is 2.19 bits per heavy atom. The monoisotopic (exact) mass is 811 g/mol. The van der Waals surface area contributed by atoms with Gasteiger partial charge in [-0.2, -0.15) is 0 Å². The molecular formula is C57H94O2. The van der Waals surface area contributed by atoms with Crippen molar-refractivity contribution in [1.29, 1.82) is 0 Å². The number of esters is 1. The molecule has 0 amide bonds. The van der Waals surface area contributed by atoms with E-state index in [1.807, 2.05) is 0 Å². The zero-order valence-electron chi connectivity index (χ0n) is 41.0. The van der Waals surface area contributed by atoms with Crippen LogP contribution in [-0.2, 0) is 9.53 Å². The third-order valence-electron chi connectivity index (χ3n) is 24.4. The third-order valence-corrected chi connectivity index (χ3v) is 24.4. The largest absolute Gasteiger partial charge is 0.462 e. The third kappa shape index (κ3) is 6.24. The first-order valence-corrected chi connectivity index (χ1v) is 26.7. The molecule has 0 bridgehead atoms. The molecule has 0 aromatic carbocycles. The van der Waals surface area contributed by atoms with Crippen LogP contribution in [0.1, 0.15) is 224 Å². The van der Waals surface area contributed by atoms with Crippen molar-refractivity contribution in [3.05, 3.63) is 11.6 Å². The molecular weight excluding hydrogens is 717 g/mol. The van der Waals surface area contributed by atoms with E-state index in [9.17, 15) is 0 Å². The van der Waals surface area contributed by atoms with Crippen molar-refractivity contribution >= 4 is 5.97 Å². The lowest BCUT2D eigenvalue weighted by molar-refractivity contribution is -0.245. The summed E-state index contributed by atoms with van der Waals surface area (Å²) in [4.78, 5) is 15.3. The molecule has 334 valence electrons. The SMILES string of the molecule is CC(C)CCCC[C@H]1CC[C@H]2[C@@H]3CC=C4C[C@H](OC(=O)[C@]56CCC(C(C)C)C5[C@H]5CC[C@@H]7[C@@]8(C)CCC(C)C(C)(C)C8CC[C@@]7(C)[C@]5(C)CC6)CC[C@]4(C)[C@H]3CCC12C. The van der Waals surface area contributed by atoms with Gasteiger partial charge in [0.05, 0.1) is 5.41 Å². The number of ether oxygens (including phenoxy) is 1. The summed E-state index contributed by atoms with van der Waals surface area (Å²) in [6.07, 6.45) is 32.0. The zero-order chi connectivity index (χ0) is 42.1. The van der Waals surface area contributed by atoms with Gasteiger partial charge in [-0.3, -0.25) is 4.79 Å². The number of fused-ring (bicyclic) bond motifs is 12. The molecule has 9 aliphatic carbocycles. The fourth-order valence-electron chi connectivity index (χ4n) is 20.4. The molecule has 0 heterocycles. The molecule has 8 saturated carbocycles. The van der Waals surface area contributed by atoms with Gasteiger partial charge in [-0.1, -0.05) is 114 Å². The molecule has 0 radical (unpaired) electrons. The van der Waals surface area contributed by atoms with Crippen LogP contribution in [0.25, 0.3) is 0 Å². The number of allylic oxidation sites excluding steroid dienone is 1. The van der Waals surface area contributed by atoms with E-state index in [0.717, 1.165) is 73.0 Å². The first-order chi connectivity index (χ1) is 27.8. The highest BCUT2D eigenvalue weighted by molar-refractivity contribution is 5.78. The Balaban J connectivity index is 0.908. The Morgan fingerprint density at radius 1 is 0.695 bits per heavy atom. The van der Waals surface area contributed by atoms with E-state index < -0.39 is 0 Å². The predicted molar refractivity (Wildman–Crippen MR) is 247 cm³/mol. The second kappa shape index (κ2) is 14.9. The van der Waals surface area contributed by atoms with E-state index in [1.165, 1.54) is 116 Å². The van der Waals surface area contributed by atoms with E-state index in [2.05, 4.69) is 89.2 Å². The number of carbonyl (C=O) groups excluding carboxylic acids is 1. The van der Waals surface area contributed by atoms with Gasteiger partial charge < -0.3 is 4.74 Å². The lowest BCUT2D eigenvalue weighted by atomic mass is 9.32. The van der Waals surface area contributed by atoms with E-state index >= 15 is 4.79 Å². The van der Waals surface area contributed by atoms with Gasteiger partial charge in [0.25, 0.3) is 0 Å². The maximum Gasteiger partial charge on any atom is 0.312 e. The number of rotatable bonds is 8. The van der Waals surface area contributed by atoms with Crippen molar-refractivity contribution in [2.24, 2.45) is 109 Å². The zero-order valence-corrected chi connectivity index (χ0v) is 41.0. The predicted octanol–water partition coefficient (Wildman–Crippen LogP) is 16.1. The van der Waals surface area contributed by atoms with Gasteiger partial charge >= 0.3 is 5.97 Å².